The van der Waals surface area contributed by atoms with Crippen LogP contribution in [0.4, 0.5) is 9.59 Å². The highest BCUT2D eigenvalue weighted by Crippen LogP contribution is 2.54. The number of nitrogens with zero attached hydrogens (tertiary/aromatic N) is 2. The molecule has 5 atom stereocenters. The summed E-state index contributed by atoms with van der Waals surface area (Å²) in [5.74, 6) is 0. The Morgan fingerprint density at radius 2 is 1.25 bits per heavy atom. The zero-order valence-electron chi connectivity index (χ0n) is 32.1. The van der Waals surface area contributed by atoms with E-state index in [4.69, 9.17) is 28.4 Å². The normalized spacial score (nSPS) is 24.9. The number of hydrogen-bond donors (Lipinski definition) is 1. The number of imide groups is 1. The lowest BCUT2D eigenvalue weighted by Crippen LogP contribution is -2.68. The molecule has 5 unspecified atom stereocenters. The third-order valence-electron chi connectivity index (χ3n) is 9.23. The monoisotopic (exact) mass is 711 g/mol. The molecule has 2 bridgehead atoms. The predicted molar refractivity (Wildman–Crippen MR) is 197 cm³/mol. The van der Waals surface area contributed by atoms with E-state index in [1.807, 2.05) is 0 Å². The van der Waals surface area contributed by atoms with Gasteiger partial charge in [0.15, 0.2) is 0 Å². The molecule has 11 heteroatoms. The number of carbonyl (C=O) groups is 2. The summed E-state index contributed by atoms with van der Waals surface area (Å²) in [6, 6.07) is 22.1. The van der Waals surface area contributed by atoms with E-state index in [9.17, 15) is 9.59 Å². The number of benzene rings is 2. The maximum atomic E-state index is 12.6. The Balaban J connectivity index is 1.15. The minimum Gasteiger partial charge on any atom is -0.443 e. The standard InChI is InChI=1S/C40H61N3O8/c1-31-41-28-40(27-39(8,33-17-13-10-14-18-33)34(43(31)29-40)32-15-11-9-12-16-32)30-49-26-25-48-24-23-47-22-21-46-20-19-42(35(44)50-37(2,3)4)36(45)51-38(5,6)7/h9-18,31,34,41H,19-30H2,1-8H3. The molecular weight excluding hydrogens is 650 g/mol. The zero-order valence-corrected chi connectivity index (χ0v) is 32.1. The van der Waals surface area contributed by atoms with Crippen molar-refractivity contribution in [2.24, 2.45) is 5.41 Å². The fraction of sp³-hybridized carbons (Fsp3) is 0.650. The SMILES string of the molecule is CC1NCC2(COCCOCCOCCOCCN(C(=O)OC(C)(C)C)C(=O)OC(C)(C)C)CN1C(c1ccccc1)C(C)(c1ccccc1)C2. The first kappa shape index (κ1) is 40.7. The second kappa shape index (κ2) is 18.1. The Bertz CT molecular complexity index is 1340. The molecule has 0 spiro atoms. The van der Waals surface area contributed by atoms with E-state index < -0.39 is 23.4 Å². The molecule has 284 valence electrons. The van der Waals surface area contributed by atoms with Gasteiger partial charge in [0.1, 0.15) is 11.2 Å². The molecule has 2 aliphatic rings. The lowest BCUT2D eigenvalue weighted by atomic mass is 9.59. The van der Waals surface area contributed by atoms with Crippen molar-refractivity contribution >= 4 is 12.2 Å². The molecule has 0 aliphatic carbocycles. The van der Waals surface area contributed by atoms with Crippen LogP contribution in [0.3, 0.4) is 0 Å². The van der Waals surface area contributed by atoms with Crippen LogP contribution in [0.2, 0.25) is 0 Å². The molecule has 0 aromatic heterocycles. The van der Waals surface area contributed by atoms with Gasteiger partial charge in [0.2, 0.25) is 0 Å². The van der Waals surface area contributed by atoms with Crippen LogP contribution in [0.5, 0.6) is 0 Å². The van der Waals surface area contributed by atoms with Crippen LogP contribution >= 0.6 is 0 Å². The van der Waals surface area contributed by atoms with Crippen molar-refractivity contribution in [1.82, 2.24) is 15.1 Å². The van der Waals surface area contributed by atoms with Gasteiger partial charge in [0, 0.05) is 30.0 Å². The Hall–Kier alpha value is -3.06. The Kier molecular flexibility index (Phi) is 14.5. The highest BCUT2D eigenvalue weighted by Gasteiger charge is 2.55. The Morgan fingerprint density at radius 3 is 1.78 bits per heavy atom. The van der Waals surface area contributed by atoms with Crippen LogP contribution in [-0.2, 0) is 33.8 Å². The molecule has 2 aromatic rings. The first-order valence-electron chi connectivity index (χ1n) is 18.3. The van der Waals surface area contributed by atoms with E-state index in [0.29, 0.717) is 46.2 Å². The van der Waals surface area contributed by atoms with Gasteiger partial charge in [-0.1, -0.05) is 67.6 Å². The predicted octanol–water partition coefficient (Wildman–Crippen LogP) is 6.57. The van der Waals surface area contributed by atoms with Crippen molar-refractivity contribution in [3.63, 3.8) is 0 Å². The highest BCUT2D eigenvalue weighted by atomic mass is 16.6. The number of rotatable bonds is 16. The van der Waals surface area contributed by atoms with Gasteiger partial charge in [-0.3, -0.25) is 4.90 Å². The van der Waals surface area contributed by atoms with Crippen LogP contribution in [0.15, 0.2) is 60.7 Å². The number of hydrogen-bond acceptors (Lipinski definition) is 10. The molecule has 2 amide bonds. The fourth-order valence-electron chi connectivity index (χ4n) is 7.15. The maximum Gasteiger partial charge on any atom is 0.419 e. The molecule has 2 aromatic carbocycles. The molecule has 0 saturated carbocycles. The van der Waals surface area contributed by atoms with Crippen molar-refractivity contribution in [3.05, 3.63) is 71.8 Å². The summed E-state index contributed by atoms with van der Waals surface area (Å²) >= 11 is 0. The van der Waals surface area contributed by atoms with Gasteiger partial charge >= 0.3 is 12.2 Å². The molecule has 11 nitrogen and oxygen atoms in total. The van der Waals surface area contributed by atoms with E-state index in [-0.39, 0.29) is 36.2 Å². The molecule has 4 rings (SSSR count). The van der Waals surface area contributed by atoms with Crippen molar-refractivity contribution in [2.45, 2.75) is 90.6 Å². The average Bonchev–Trinajstić information content (AvgIpc) is 3.06. The summed E-state index contributed by atoms with van der Waals surface area (Å²) in [5.41, 5.74) is 1.09. The summed E-state index contributed by atoms with van der Waals surface area (Å²) < 4.78 is 34.1. The summed E-state index contributed by atoms with van der Waals surface area (Å²) in [6.07, 6.45) is -0.281. The van der Waals surface area contributed by atoms with Crippen LogP contribution < -0.4 is 5.32 Å². The van der Waals surface area contributed by atoms with E-state index in [0.717, 1.165) is 24.4 Å². The smallest absolute Gasteiger partial charge is 0.419 e. The van der Waals surface area contributed by atoms with Crippen molar-refractivity contribution in [3.8, 4) is 0 Å². The van der Waals surface area contributed by atoms with E-state index in [1.54, 1.807) is 41.5 Å². The number of ether oxygens (including phenoxy) is 6. The number of carbonyl (C=O) groups excluding carboxylic acids is 2. The van der Waals surface area contributed by atoms with E-state index in [2.05, 4.69) is 84.7 Å². The van der Waals surface area contributed by atoms with Gasteiger partial charge in [-0.25, -0.2) is 14.5 Å². The lowest BCUT2D eigenvalue weighted by Gasteiger charge is -2.61. The number of amides is 2. The molecular formula is C40H61N3O8. The van der Waals surface area contributed by atoms with Crippen molar-refractivity contribution in [1.29, 1.82) is 0 Å². The fourth-order valence-corrected chi connectivity index (χ4v) is 7.15. The third-order valence-corrected chi connectivity index (χ3v) is 9.23. The minimum absolute atomic E-state index is 0.000443. The average molecular weight is 712 g/mol. The first-order valence-corrected chi connectivity index (χ1v) is 18.3. The molecule has 51 heavy (non-hydrogen) atoms. The first-order chi connectivity index (χ1) is 24.1. The van der Waals surface area contributed by atoms with E-state index >= 15 is 0 Å². The van der Waals surface area contributed by atoms with Crippen LogP contribution in [0.1, 0.15) is 79.0 Å². The third kappa shape index (κ3) is 12.0. The van der Waals surface area contributed by atoms with E-state index in [1.165, 1.54) is 11.1 Å². The second-order valence-corrected chi connectivity index (χ2v) is 16.0. The Labute approximate surface area is 305 Å². The molecule has 1 N–H and O–H groups in total. The van der Waals surface area contributed by atoms with Crippen molar-refractivity contribution < 1.29 is 38.0 Å². The molecule has 2 fully saturated rings. The minimum atomic E-state index is -0.773. The van der Waals surface area contributed by atoms with Gasteiger partial charge in [-0.2, -0.15) is 0 Å². The van der Waals surface area contributed by atoms with Gasteiger partial charge in [-0.15, -0.1) is 0 Å². The molecule has 0 radical (unpaired) electrons. The summed E-state index contributed by atoms with van der Waals surface area (Å²) in [4.78, 5) is 28.7. The van der Waals surface area contributed by atoms with Gasteiger partial charge in [-0.05, 0) is 66.0 Å². The van der Waals surface area contributed by atoms with Crippen LogP contribution in [0, 0.1) is 5.41 Å². The molecule has 2 aliphatic heterocycles. The molecule has 2 saturated heterocycles. The largest absolute Gasteiger partial charge is 0.443 e. The maximum absolute atomic E-state index is 12.6. The highest BCUT2D eigenvalue weighted by molar-refractivity contribution is 5.88. The van der Waals surface area contributed by atoms with Crippen LogP contribution in [0.25, 0.3) is 0 Å². The lowest BCUT2D eigenvalue weighted by molar-refractivity contribution is -0.115. The van der Waals surface area contributed by atoms with Crippen LogP contribution in [-0.4, -0.2) is 112 Å². The van der Waals surface area contributed by atoms with Gasteiger partial charge in [0.05, 0.1) is 65.6 Å². The number of fused-ring (bicyclic) bond motifs is 2. The van der Waals surface area contributed by atoms with Gasteiger partial charge in [0.25, 0.3) is 0 Å². The quantitative estimate of drug-likeness (QED) is 0.192. The van der Waals surface area contributed by atoms with Gasteiger partial charge < -0.3 is 33.7 Å². The number of nitrogens with one attached hydrogen (secondary N) is 1. The summed E-state index contributed by atoms with van der Waals surface area (Å²) in [5, 5.41) is 3.78. The molecule has 2 heterocycles. The number of piperidine rings is 1. The summed E-state index contributed by atoms with van der Waals surface area (Å²) in [7, 11) is 0. The topological polar surface area (TPSA) is 108 Å². The Morgan fingerprint density at radius 1 is 0.765 bits per heavy atom. The zero-order chi connectivity index (χ0) is 37.1. The van der Waals surface area contributed by atoms with Crippen molar-refractivity contribution in [2.75, 3.05) is 72.5 Å². The second-order valence-electron chi connectivity index (χ2n) is 16.0. The summed E-state index contributed by atoms with van der Waals surface area (Å²) in [6.45, 7) is 20.3.